The fourth-order valence-electron chi connectivity index (χ4n) is 2.36. The Morgan fingerprint density at radius 3 is 2.61 bits per heavy atom. The molecule has 0 fully saturated rings. The Bertz CT molecular complexity index is 903. The highest BCUT2D eigenvalue weighted by atomic mass is 16.2. The van der Waals surface area contributed by atoms with E-state index in [2.05, 4.69) is 15.6 Å². The summed E-state index contributed by atoms with van der Waals surface area (Å²) in [4.78, 5) is 28.3. The highest BCUT2D eigenvalue weighted by Crippen LogP contribution is 2.19. The zero-order valence-corrected chi connectivity index (χ0v) is 12.6. The van der Waals surface area contributed by atoms with Crippen LogP contribution >= 0.6 is 0 Å². The van der Waals surface area contributed by atoms with E-state index in [4.69, 9.17) is 0 Å². The van der Waals surface area contributed by atoms with E-state index >= 15 is 0 Å². The Labute approximate surface area is 132 Å². The molecule has 0 spiro atoms. The van der Waals surface area contributed by atoms with Gasteiger partial charge in [-0.1, -0.05) is 24.3 Å². The van der Waals surface area contributed by atoms with Gasteiger partial charge < -0.3 is 15.2 Å². The summed E-state index contributed by atoms with van der Waals surface area (Å²) >= 11 is 0. The van der Waals surface area contributed by atoms with Crippen molar-refractivity contribution in [2.45, 2.75) is 6.54 Å². The summed E-state index contributed by atoms with van der Waals surface area (Å²) in [6.07, 6.45) is 3.29. The topological polar surface area (TPSA) is 76.0 Å². The van der Waals surface area contributed by atoms with Crippen LogP contribution in [-0.2, 0) is 13.6 Å². The number of carbonyl (C=O) groups excluding carboxylic acids is 1. The highest BCUT2D eigenvalue weighted by Gasteiger charge is 2.09. The molecule has 0 aliphatic rings. The predicted molar refractivity (Wildman–Crippen MR) is 89.3 cm³/mol. The van der Waals surface area contributed by atoms with Crippen LogP contribution in [0.25, 0.3) is 10.8 Å². The van der Waals surface area contributed by atoms with Crippen molar-refractivity contribution >= 4 is 22.5 Å². The molecule has 0 aliphatic heterocycles. The molecule has 23 heavy (non-hydrogen) atoms. The molecule has 116 valence electrons. The molecular formula is C17H16N4O2. The molecule has 3 rings (SSSR count). The van der Waals surface area contributed by atoms with Gasteiger partial charge in [-0.25, -0.2) is 4.79 Å². The molecule has 3 aromatic rings. The number of amides is 2. The number of aromatic nitrogens is 2. The van der Waals surface area contributed by atoms with E-state index in [9.17, 15) is 9.59 Å². The summed E-state index contributed by atoms with van der Waals surface area (Å²) in [7, 11) is 1.66. The Morgan fingerprint density at radius 2 is 1.87 bits per heavy atom. The lowest BCUT2D eigenvalue weighted by Crippen LogP contribution is -2.29. The molecule has 6 heteroatoms. The van der Waals surface area contributed by atoms with Crippen molar-refractivity contribution in [3.63, 3.8) is 0 Å². The number of urea groups is 1. The fourth-order valence-corrected chi connectivity index (χ4v) is 2.36. The van der Waals surface area contributed by atoms with Gasteiger partial charge in [0.15, 0.2) is 0 Å². The number of carbonyl (C=O) groups is 1. The van der Waals surface area contributed by atoms with Crippen molar-refractivity contribution in [2.24, 2.45) is 7.05 Å². The van der Waals surface area contributed by atoms with Gasteiger partial charge in [-0.3, -0.25) is 9.78 Å². The number of benzene rings is 1. The molecule has 0 saturated heterocycles. The van der Waals surface area contributed by atoms with Crippen molar-refractivity contribution in [3.05, 3.63) is 70.9 Å². The fraction of sp³-hybridized carbons (Fsp3) is 0.118. The van der Waals surface area contributed by atoms with E-state index in [0.29, 0.717) is 23.0 Å². The van der Waals surface area contributed by atoms with Crippen LogP contribution in [-0.4, -0.2) is 15.6 Å². The number of nitrogens with zero attached hydrogens (tertiary/aromatic N) is 2. The second-order valence-corrected chi connectivity index (χ2v) is 5.13. The minimum Gasteiger partial charge on any atom is -0.332 e. The highest BCUT2D eigenvalue weighted by molar-refractivity contribution is 6.00. The molecule has 1 aromatic carbocycles. The van der Waals surface area contributed by atoms with E-state index < -0.39 is 0 Å². The molecule has 0 unspecified atom stereocenters. The van der Waals surface area contributed by atoms with Crippen LogP contribution in [0.2, 0.25) is 0 Å². The van der Waals surface area contributed by atoms with Gasteiger partial charge >= 0.3 is 6.03 Å². The van der Waals surface area contributed by atoms with E-state index in [1.165, 1.54) is 4.57 Å². The van der Waals surface area contributed by atoms with Gasteiger partial charge in [0.05, 0.1) is 17.9 Å². The molecule has 2 amide bonds. The van der Waals surface area contributed by atoms with Gasteiger partial charge in [-0.15, -0.1) is 0 Å². The quantitative estimate of drug-likeness (QED) is 0.779. The Hall–Kier alpha value is -3.15. The molecule has 6 nitrogen and oxygen atoms in total. The number of anilines is 1. The number of hydrogen-bond acceptors (Lipinski definition) is 3. The van der Waals surface area contributed by atoms with Gasteiger partial charge in [-0.05, 0) is 18.2 Å². The first kappa shape index (κ1) is 14.8. The third kappa shape index (κ3) is 3.21. The normalized spacial score (nSPS) is 10.5. The molecular weight excluding hydrogens is 292 g/mol. The summed E-state index contributed by atoms with van der Waals surface area (Å²) in [5.74, 6) is 0. The first-order valence-electron chi connectivity index (χ1n) is 7.18. The van der Waals surface area contributed by atoms with Gasteiger partial charge in [0.25, 0.3) is 5.56 Å². The number of pyridine rings is 2. The number of nitrogens with one attached hydrogen (secondary N) is 2. The summed E-state index contributed by atoms with van der Waals surface area (Å²) in [5, 5.41) is 6.81. The molecule has 0 atom stereocenters. The Morgan fingerprint density at radius 1 is 1.13 bits per heavy atom. The van der Waals surface area contributed by atoms with Crippen LogP contribution < -0.4 is 16.2 Å². The van der Waals surface area contributed by atoms with E-state index in [1.54, 1.807) is 31.6 Å². The summed E-state index contributed by atoms with van der Waals surface area (Å²) in [5.41, 5.74) is 1.26. The second kappa shape index (κ2) is 6.31. The Balaban J connectivity index is 1.80. The van der Waals surface area contributed by atoms with E-state index in [-0.39, 0.29) is 11.6 Å². The third-order valence-corrected chi connectivity index (χ3v) is 3.50. The maximum Gasteiger partial charge on any atom is 0.319 e. The average molecular weight is 308 g/mol. The van der Waals surface area contributed by atoms with E-state index in [0.717, 1.165) is 5.69 Å². The van der Waals surface area contributed by atoms with Crippen LogP contribution in [0.5, 0.6) is 0 Å². The second-order valence-electron chi connectivity index (χ2n) is 5.13. The number of hydrogen-bond donors (Lipinski definition) is 2. The van der Waals surface area contributed by atoms with Crippen LogP contribution in [0.4, 0.5) is 10.5 Å². The van der Waals surface area contributed by atoms with Crippen LogP contribution in [0.1, 0.15) is 5.69 Å². The van der Waals surface area contributed by atoms with Gasteiger partial charge in [0.2, 0.25) is 0 Å². The summed E-state index contributed by atoms with van der Waals surface area (Å²) in [6.45, 7) is 0.330. The molecule has 2 N–H and O–H groups in total. The van der Waals surface area contributed by atoms with Gasteiger partial charge in [0, 0.05) is 30.2 Å². The molecule has 0 radical (unpaired) electrons. The van der Waals surface area contributed by atoms with Gasteiger partial charge in [0.1, 0.15) is 0 Å². The summed E-state index contributed by atoms with van der Waals surface area (Å²) < 4.78 is 1.46. The first-order chi connectivity index (χ1) is 11.1. The maximum absolute atomic E-state index is 12.1. The molecule has 0 bridgehead atoms. The molecule has 0 saturated carbocycles. The number of fused-ring (bicyclic) bond motifs is 1. The van der Waals surface area contributed by atoms with Crippen molar-refractivity contribution in [3.8, 4) is 0 Å². The summed E-state index contributed by atoms with van der Waals surface area (Å²) in [6, 6.07) is 12.4. The minimum atomic E-state index is -0.348. The van der Waals surface area contributed by atoms with Crippen LogP contribution in [0.3, 0.4) is 0 Å². The van der Waals surface area contributed by atoms with E-state index in [1.807, 2.05) is 30.3 Å². The lowest BCUT2D eigenvalue weighted by Gasteiger charge is -2.11. The Kier molecular flexibility index (Phi) is 4.05. The maximum atomic E-state index is 12.1. The number of aryl methyl sites for hydroxylation is 1. The number of rotatable bonds is 3. The predicted octanol–water partition coefficient (Wildman–Crippen LogP) is 2.26. The molecule has 2 heterocycles. The van der Waals surface area contributed by atoms with Crippen LogP contribution in [0.15, 0.2) is 59.7 Å². The SMILES string of the molecule is Cn1cc(NC(=O)NCc2ccccn2)c2ccccc2c1=O. The first-order valence-corrected chi connectivity index (χ1v) is 7.18. The minimum absolute atomic E-state index is 0.0972. The molecule has 0 aliphatic carbocycles. The van der Waals surface area contributed by atoms with Crippen molar-refractivity contribution in [2.75, 3.05) is 5.32 Å². The molecule has 2 aromatic heterocycles. The average Bonchev–Trinajstić information content (AvgIpc) is 2.58. The zero-order chi connectivity index (χ0) is 16.2. The standard InChI is InChI=1S/C17H16N4O2/c1-21-11-15(13-7-2-3-8-14(13)16(21)22)20-17(23)19-10-12-6-4-5-9-18-12/h2-9,11H,10H2,1H3,(H2,19,20,23). The smallest absolute Gasteiger partial charge is 0.319 e. The monoisotopic (exact) mass is 308 g/mol. The lowest BCUT2D eigenvalue weighted by molar-refractivity contribution is 0.251. The van der Waals surface area contributed by atoms with Crippen molar-refractivity contribution in [1.29, 1.82) is 0 Å². The largest absolute Gasteiger partial charge is 0.332 e. The van der Waals surface area contributed by atoms with Crippen LogP contribution in [0, 0.1) is 0 Å². The zero-order valence-electron chi connectivity index (χ0n) is 12.6. The van der Waals surface area contributed by atoms with Gasteiger partial charge in [-0.2, -0.15) is 0 Å². The lowest BCUT2D eigenvalue weighted by atomic mass is 10.1. The van der Waals surface area contributed by atoms with Crippen molar-refractivity contribution in [1.82, 2.24) is 14.9 Å². The third-order valence-electron chi connectivity index (χ3n) is 3.50. The van der Waals surface area contributed by atoms with Crippen molar-refractivity contribution < 1.29 is 4.79 Å².